The molecule has 0 fully saturated rings. The first-order chi connectivity index (χ1) is 7.24. The van der Waals surface area contributed by atoms with Gasteiger partial charge in [0, 0.05) is 25.8 Å². The van der Waals surface area contributed by atoms with E-state index in [0.717, 1.165) is 19.4 Å². The smallest absolute Gasteiger partial charge is 0.0428 e. The van der Waals surface area contributed by atoms with Gasteiger partial charge < -0.3 is 10.6 Å². The molecule has 1 aromatic rings. The molecule has 0 radical (unpaired) electrons. The van der Waals surface area contributed by atoms with E-state index in [4.69, 9.17) is 5.73 Å². The Morgan fingerprint density at radius 2 is 1.67 bits per heavy atom. The van der Waals surface area contributed by atoms with Crippen LogP contribution in [0.4, 0.5) is 5.69 Å². The molecule has 0 saturated carbocycles. The summed E-state index contributed by atoms with van der Waals surface area (Å²) in [6.45, 7) is 6.03. The summed E-state index contributed by atoms with van der Waals surface area (Å²) in [6, 6.07) is 6.57. The SMILES string of the molecule is CCc1cccc(CC)c1N(C)CCN. The van der Waals surface area contributed by atoms with Gasteiger partial charge in [0.15, 0.2) is 0 Å². The van der Waals surface area contributed by atoms with Crippen LogP contribution in [0.15, 0.2) is 18.2 Å². The fourth-order valence-corrected chi connectivity index (χ4v) is 2.01. The van der Waals surface area contributed by atoms with Gasteiger partial charge in [-0.2, -0.15) is 0 Å². The molecular weight excluding hydrogens is 184 g/mol. The van der Waals surface area contributed by atoms with E-state index >= 15 is 0 Å². The zero-order chi connectivity index (χ0) is 11.3. The lowest BCUT2D eigenvalue weighted by atomic mass is 10.0. The summed E-state index contributed by atoms with van der Waals surface area (Å²) in [6.07, 6.45) is 2.16. The van der Waals surface area contributed by atoms with Crippen LogP contribution in [0.5, 0.6) is 0 Å². The van der Waals surface area contributed by atoms with Crippen LogP contribution in [0, 0.1) is 0 Å². The molecule has 0 aromatic heterocycles. The van der Waals surface area contributed by atoms with Crippen LogP contribution in [0.25, 0.3) is 0 Å². The van der Waals surface area contributed by atoms with Crippen molar-refractivity contribution in [3.63, 3.8) is 0 Å². The van der Waals surface area contributed by atoms with Crippen LogP contribution < -0.4 is 10.6 Å². The lowest BCUT2D eigenvalue weighted by Gasteiger charge is -2.24. The molecule has 2 nitrogen and oxygen atoms in total. The molecule has 84 valence electrons. The summed E-state index contributed by atoms with van der Waals surface area (Å²) in [4.78, 5) is 2.28. The van der Waals surface area contributed by atoms with Crippen LogP contribution in [0.1, 0.15) is 25.0 Å². The molecule has 0 spiro atoms. The van der Waals surface area contributed by atoms with E-state index in [1.807, 2.05) is 0 Å². The molecule has 0 unspecified atom stereocenters. The van der Waals surface area contributed by atoms with Crippen molar-refractivity contribution in [3.8, 4) is 0 Å². The highest BCUT2D eigenvalue weighted by atomic mass is 15.1. The lowest BCUT2D eigenvalue weighted by molar-refractivity contribution is 0.866. The number of para-hydroxylation sites is 1. The molecule has 1 rings (SSSR count). The fourth-order valence-electron chi connectivity index (χ4n) is 2.01. The van der Waals surface area contributed by atoms with Crippen LogP contribution in [0.2, 0.25) is 0 Å². The second kappa shape index (κ2) is 5.76. The maximum Gasteiger partial charge on any atom is 0.0428 e. The summed E-state index contributed by atoms with van der Waals surface area (Å²) >= 11 is 0. The monoisotopic (exact) mass is 206 g/mol. The zero-order valence-electron chi connectivity index (χ0n) is 10.1. The number of hydrogen-bond acceptors (Lipinski definition) is 2. The lowest BCUT2D eigenvalue weighted by Crippen LogP contribution is -2.26. The second-order valence-electron chi connectivity index (χ2n) is 3.84. The van der Waals surface area contributed by atoms with Crippen molar-refractivity contribution in [2.24, 2.45) is 5.73 Å². The highest BCUT2D eigenvalue weighted by Crippen LogP contribution is 2.25. The predicted molar refractivity (Wildman–Crippen MR) is 67.5 cm³/mol. The van der Waals surface area contributed by atoms with Crippen LogP contribution in [-0.2, 0) is 12.8 Å². The van der Waals surface area contributed by atoms with Gasteiger partial charge in [0.05, 0.1) is 0 Å². The Labute approximate surface area is 93.1 Å². The van der Waals surface area contributed by atoms with Crippen molar-refractivity contribution in [2.45, 2.75) is 26.7 Å². The Morgan fingerprint density at radius 1 is 1.13 bits per heavy atom. The number of anilines is 1. The first-order valence-corrected chi connectivity index (χ1v) is 5.76. The largest absolute Gasteiger partial charge is 0.373 e. The maximum absolute atomic E-state index is 5.61. The van der Waals surface area contributed by atoms with E-state index in [9.17, 15) is 0 Å². The Bertz CT molecular complexity index is 285. The molecule has 0 amide bonds. The van der Waals surface area contributed by atoms with Crippen molar-refractivity contribution in [1.82, 2.24) is 0 Å². The molecule has 0 aliphatic heterocycles. The number of aryl methyl sites for hydroxylation is 2. The number of benzene rings is 1. The summed E-state index contributed by atoms with van der Waals surface area (Å²) < 4.78 is 0. The predicted octanol–water partition coefficient (Wildman–Crippen LogP) is 2.21. The third-order valence-corrected chi connectivity index (χ3v) is 2.81. The average molecular weight is 206 g/mol. The minimum absolute atomic E-state index is 0.706. The number of nitrogens with two attached hydrogens (primary N) is 1. The van der Waals surface area contributed by atoms with Crippen LogP contribution in [-0.4, -0.2) is 20.1 Å². The molecule has 2 N–H and O–H groups in total. The molecule has 15 heavy (non-hydrogen) atoms. The molecule has 0 saturated heterocycles. The number of rotatable bonds is 5. The summed E-state index contributed by atoms with van der Waals surface area (Å²) in [7, 11) is 2.13. The minimum Gasteiger partial charge on any atom is -0.373 e. The Balaban J connectivity index is 3.09. The Morgan fingerprint density at radius 3 is 2.07 bits per heavy atom. The number of hydrogen-bond donors (Lipinski definition) is 1. The summed E-state index contributed by atoms with van der Waals surface area (Å²) in [5, 5.41) is 0. The highest BCUT2D eigenvalue weighted by molar-refractivity contribution is 5.59. The van der Waals surface area contributed by atoms with Gasteiger partial charge in [-0.25, -0.2) is 0 Å². The summed E-state index contributed by atoms with van der Waals surface area (Å²) in [5.41, 5.74) is 9.83. The normalized spacial score (nSPS) is 10.4. The quantitative estimate of drug-likeness (QED) is 0.800. The molecule has 0 heterocycles. The molecule has 0 bridgehead atoms. The van der Waals surface area contributed by atoms with Gasteiger partial charge >= 0.3 is 0 Å². The van der Waals surface area contributed by atoms with Crippen LogP contribution >= 0.6 is 0 Å². The standard InChI is InChI=1S/C13H22N2/c1-4-11-7-6-8-12(5-2)13(11)15(3)10-9-14/h6-8H,4-5,9-10,14H2,1-3H3. The molecular formula is C13H22N2. The van der Waals surface area contributed by atoms with Gasteiger partial charge in [0.1, 0.15) is 0 Å². The molecule has 0 aliphatic carbocycles. The highest BCUT2D eigenvalue weighted by Gasteiger charge is 2.09. The fraction of sp³-hybridized carbons (Fsp3) is 0.538. The van der Waals surface area contributed by atoms with Gasteiger partial charge in [0.2, 0.25) is 0 Å². The first-order valence-electron chi connectivity index (χ1n) is 5.76. The van der Waals surface area contributed by atoms with Crippen molar-refractivity contribution in [2.75, 3.05) is 25.0 Å². The average Bonchev–Trinajstić information content (AvgIpc) is 2.28. The Kier molecular flexibility index (Phi) is 4.63. The van der Waals surface area contributed by atoms with E-state index in [0.29, 0.717) is 6.54 Å². The van der Waals surface area contributed by atoms with Gasteiger partial charge in [-0.3, -0.25) is 0 Å². The van der Waals surface area contributed by atoms with Crippen molar-refractivity contribution >= 4 is 5.69 Å². The zero-order valence-corrected chi connectivity index (χ0v) is 10.1. The van der Waals surface area contributed by atoms with Crippen molar-refractivity contribution < 1.29 is 0 Å². The van der Waals surface area contributed by atoms with E-state index in [1.165, 1.54) is 16.8 Å². The minimum atomic E-state index is 0.706. The molecule has 0 aliphatic rings. The van der Waals surface area contributed by atoms with Gasteiger partial charge in [0.25, 0.3) is 0 Å². The van der Waals surface area contributed by atoms with E-state index in [2.05, 4.69) is 44.0 Å². The first kappa shape index (κ1) is 12.1. The summed E-state index contributed by atoms with van der Waals surface area (Å²) in [5.74, 6) is 0. The van der Waals surface area contributed by atoms with E-state index in [-0.39, 0.29) is 0 Å². The molecule has 1 aromatic carbocycles. The van der Waals surface area contributed by atoms with Crippen molar-refractivity contribution in [3.05, 3.63) is 29.3 Å². The van der Waals surface area contributed by atoms with E-state index < -0.39 is 0 Å². The Hall–Kier alpha value is -1.02. The van der Waals surface area contributed by atoms with Gasteiger partial charge in [-0.15, -0.1) is 0 Å². The van der Waals surface area contributed by atoms with Gasteiger partial charge in [-0.1, -0.05) is 32.0 Å². The molecule has 2 heteroatoms. The number of nitrogens with zero attached hydrogens (tertiary/aromatic N) is 1. The third-order valence-electron chi connectivity index (χ3n) is 2.81. The van der Waals surface area contributed by atoms with Crippen LogP contribution in [0.3, 0.4) is 0 Å². The molecule has 0 atom stereocenters. The van der Waals surface area contributed by atoms with Gasteiger partial charge in [-0.05, 0) is 24.0 Å². The topological polar surface area (TPSA) is 29.3 Å². The number of likely N-dealkylation sites (N-methyl/N-ethyl adjacent to an activating group) is 1. The maximum atomic E-state index is 5.61. The second-order valence-corrected chi connectivity index (χ2v) is 3.84. The van der Waals surface area contributed by atoms with E-state index in [1.54, 1.807) is 0 Å². The third kappa shape index (κ3) is 2.72. The van der Waals surface area contributed by atoms with Crippen molar-refractivity contribution in [1.29, 1.82) is 0 Å².